The first-order valence-electron chi connectivity index (χ1n) is 5.48. The number of amidine groups is 1. The lowest BCUT2D eigenvalue weighted by atomic mass is 10.1. The Morgan fingerprint density at radius 3 is 2.82 bits per heavy atom. The molecule has 4 heteroatoms. The Balaban J connectivity index is 2.36. The largest absolute Gasteiger partial charge is 0.496 e. The normalized spacial score (nSPS) is 16.9. The van der Waals surface area contributed by atoms with E-state index in [0.29, 0.717) is 11.5 Å². The van der Waals surface area contributed by atoms with Crippen LogP contribution in [0.25, 0.3) is 6.08 Å². The van der Waals surface area contributed by atoms with Crippen LogP contribution in [0.3, 0.4) is 0 Å². The van der Waals surface area contributed by atoms with Gasteiger partial charge in [0.2, 0.25) is 0 Å². The maximum Gasteiger partial charge on any atom is 0.275 e. The molecule has 2 rings (SSSR count). The molecule has 1 amide bonds. The standard InChI is InChI=1S/C13H14N2O2/c1-3-12-14-10(13(16)15-12)8-9-6-4-5-7-11(9)17-2/h4-8H,3H2,1-2H3,(H,14,15,16)/b10-8+. The van der Waals surface area contributed by atoms with Crippen molar-refractivity contribution in [2.75, 3.05) is 7.11 Å². The highest BCUT2D eigenvalue weighted by Crippen LogP contribution is 2.21. The Labute approximate surface area is 100 Å². The average molecular weight is 230 g/mol. The topological polar surface area (TPSA) is 50.7 Å². The minimum Gasteiger partial charge on any atom is -0.496 e. The van der Waals surface area contributed by atoms with Crippen LogP contribution in [-0.4, -0.2) is 18.9 Å². The molecule has 0 atom stereocenters. The van der Waals surface area contributed by atoms with E-state index in [4.69, 9.17) is 4.74 Å². The van der Waals surface area contributed by atoms with Crippen LogP contribution in [0, 0.1) is 0 Å². The maximum absolute atomic E-state index is 11.6. The summed E-state index contributed by atoms with van der Waals surface area (Å²) < 4.78 is 5.22. The molecule has 0 spiro atoms. The van der Waals surface area contributed by atoms with E-state index < -0.39 is 0 Å². The number of rotatable bonds is 3. The number of nitrogens with zero attached hydrogens (tertiary/aromatic N) is 1. The second-order valence-electron chi connectivity index (χ2n) is 3.64. The molecule has 0 saturated carbocycles. The van der Waals surface area contributed by atoms with Crippen LogP contribution in [-0.2, 0) is 4.79 Å². The molecule has 0 fully saturated rings. The van der Waals surface area contributed by atoms with Gasteiger partial charge in [-0.3, -0.25) is 4.79 Å². The average Bonchev–Trinajstić information content (AvgIpc) is 2.71. The van der Waals surface area contributed by atoms with Gasteiger partial charge in [-0.1, -0.05) is 25.1 Å². The SMILES string of the molecule is CCC1=N/C(=C/c2ccccc2OC)C(=O)N1. The molecule has 1 aromatic carbocycles. The Hall–Kier alpha value is -2.10. The fraction of sp³-hybridized carbons (Fsp3) is 0.231. The Morgan fingerprint density at radius 1 is 1.41 bits per heavy atom. The Morgan fingerprint density at radius 2 is 2.18 bits per heavy atom. The van der Waals surface area contributed by atoms with E-state index in [1.807, 2.05) is 31.2 Å². The number of amides is 1. The summed E-state index contributed by atoms with van der Waals surface area (Å²) in [7, 11) is 1.60. The lowest BCUT2D eigenvalue weighted by molar-refractivity contribution is -0.115. The van der Waals surface area contributed by atoms with E-state index in [1.54, 1.807) is 13.2 Å². The van der Waals surface area contributed by atoms with Crippen LogP contribution < -0.4 is 10.1 Å². The molecule has 0 aromatic heterocycles. The summed E-state index contributed by atoms with van der Waals surface area (Å²) >= 11 is 0. The van der Waals surface area contributed by atoms with Crippen molar-refractivity contribution in [3.05, 3.63) is 35.5 Å². The number of carbonyl (C=O) groups excluding carboxylic acids is 1. The number of hydrogen-bond donors (Lipinski definition) is 1. The zero-order valence-electron chi connectivity index (χ0n) is 9.86. The maximum atomic E-state index is 11.6. The van der Waals surface area contributed by atoms with Gasteiger partial charge in [0.05, 0.1) is 7.11 Å². The fourth-order valence-corrected chi connectivity index (χ4v) is 1.62. The van der Waals surface area contributed by atoms with Gasteiger partial charge in [0.1, 0.15) is 17.3 Å². The summed E-state index contributed by atoms with van der Waals surface area (Å²) in [6, 6.07) is 7.52. The van der Waals surface area contributed by atoms with Gasteiger partial charge in [-0.15, -0.1) is 0 Å². The molecule has 0 bridgehead atoms. The smallest absolute Gasteiger partial charge is 0.275 e. The molecular weight excluding hydrogens is 216 g/mol. The third kappa shape index (κ3) is 2.36. The number of carbonyl (C=O) groups is 1. The highest BCUT2D eigenvalue weighted by molar-refractivity contribution is 6.14. The zero-order valence-corrected chi connectivity index (χ0v) is 9.86. The Kier molecular flexibility index (Phi) is 3.23. The Bertz CT molecular complexity index is 504. The van der Waals surface area contributed by atoms with Crippen LogP contribution in [0.15, 0.2) is 35.0 Å². The number of methoxy groups -OCH3 is 1. The molecule has 1 aliphatic rings. The molecule has 1 N–H and O–H groups in total. The van der Waals surface area contributed by atoms with Gasteiger partial charge in [0.25, 0.3) is 5.91 Å². The summed E-state index contributed by atoms with van der Waals surface area (Å²) in [5.41, 5.74) is 1.27. The fourth-order valence-electron chi connectivity index (χ4n) is 1.62. The van der Waals surface area contributed by atoms with Gasteiger partial charge in [-0.05, 0) is 12.1 Å². The third-order valence-electron chi connectivity index (χ3n) is 2.51. The van der Waals surface area contributed by atoms with E-state index in [-0.39, 0.29) is 5.91 Å². The molecule has 1 aromatic rings. The molecule has 0 unspecified atom stereocenters. The van der Waals surface area contributed by atoms with Crippen molar-refractivity contribution >= 4 is 17.8 Å². The summed E-state index contributed by atoms with van der Waals surface area (Å²) in [6.07, 6.45) is 2.45. The van der Waals surface area contributed by atoms with Gasteiger partial charge in [-0.25, -0.2) is 4.99 Å². The first kappa shape index (κ1) is 11.4. The molecule has 1 heterocycles. The molecule has 1 aliphatic heterocycles. The quantitative estimate of drug-likeness (QED) is 0.807. The van der Waals surface area contributed by atoms with Gasteiger partial charge >= 0.3 is 0 Å². The third-order valence-corrected chi connectivity index (χ3v) is 2.51. The molecule has 17 heavy (non-hydrogen) atoms. The molecule has 0 aliphatic carbocycles. The second kappa shape index (κ2) is 4.82. The molecule has 0 radical (unpaired) electrons. The first-order chi connectivity index (χ1) is 8.24. The van der Waals surface area contributed by atoms with Crippen LogP contribution in [0.4, 0.5) is 0 Å². The molecule has 88 valence electrons. The monoisotopic (exact) mass is 230 g/mol. The van der Waals surface area contributed by atoms with Crippen LogP contribution in [0.5, 0.6) is 5.75 Å². The minimum absolute atomic E-state index is 0.159. The predicted octanol–water partition coefficient (Wildman–Crippen LogP) is 1.97. The van der Waals surface area contributed by atoms with Crippen molar-refractivity contribution in [2.24, 2.45) is 4.99 Å². The highest BCUT2D eigenvalue weighted by Gasteiger charge is 2.18. The van der Waals surface area contributed by atoms with Gasteiger partial charge in [-0.2, -0.15) is 0 Å². The van der Waals surface area contributed by atoms with E-state index >= 15 is 0 Å². The van der Waals surface area contributed by atoms with Crippen molar-refractivity contribution in [2.45, 2.75) is 13.3 Å². The number of hydrogen-bond acceptors (Lipinski definition) is 3. The van der Waals surface area contributed by atoms with Crippen LogP contribution in [0.2, 0.25) is 0 Å². The van der Waals surface area contributed by atoms with Crippen molar-refractivity contribution in [3.63, 3.8) is 0 Å². The minimum atomic E-state index is -0.159. The number of ether oxygens (including phenoxy) is 1. The summed E-state index contributed by atoms with van der Waals surface area (Å²) in [6.45, 7) is 1.95. The van der Waals surface area contributed by atoms with E-state index in [0.717, 1.165) is 17.7 Å². The first-order valence-corrected chi connectivity index (χ1v) is 5.48. The van der Waals surface area contributed by atoms with Crippen molar-refractivity contribution in [3.8, 4) is 5.75 Å². The highest BCUT2D eigenvalue weighted by atomic mass is 16.5. The van der Waals surface area contributed by atoms with E-state index in [2.05, 4.69) is 10.3 Å². The second-order valence-corrected chi connectivity index (χ2v) is 3.64. The van der Waals surface area contributed by atoms with Gasteiger partial charge in [0.15, 0.2) is 0 Å². The lowest BCUT2D eigenvalue weighted by Crippen LogP contribution is -2.23. The van der Waals surface area contributed by atoms with Gasteiger partial charge < -0.3 is 10.1 Å². The molecular formula is C13H14N2O2. The number of para-hydroxylation sites is 1. The number of aliphatic imine (C=N–C) groups is 1. The van der Waals surface area contributed by atoms with Crippen molar-refractivity contribution < 1.29 is 9.53 Å². The number of nitrogens with one attached hydrogen (secondary N) is 1. The molecule has 4 nitrogen and oxygen atoms in total. The molecule has 0 saturated heterocycles. The van der Waals surface area contributed by atoms with Crippen molar-refractivity contribution in [1.29, 1.82) is 0 Å². The van der Waals surface area contributed by atoms with Crippen molar-refractivity contribution in [1.82, 2.24) is 5.32 Å². The summed E-state index contributed by atoms with van der Waals surface area (Å²) in [5.74, 6) is 1.27. The van der Waals surface area contributed by atoms with Crippen LogP contribution >= 0.6 is 0 Å². The van der Waals surface area contributed by atoms with E-state index in [9.17, 15) is 4.79 Å². The lowest BCUT2D eigenvalue weighted by Gasteiger charge is -2.03. The summed E-state index contributed by atoms with van der Waals surface area (Å²) in [5, 5.41) is 2.71. The van der Waals surface area contributed by atoms with E-state index in [1.165, 1.54) is 0 Å². The predicted molar refractivity (Wildman–Crippen MR) is 66.8 cm³/mol. The number of benzene rings is 1. The van der Waals surface area contributed by atoms with Gasteiger partial charge in [0, 0.05) is 12.0 Å². The summed E-state index contributed by atoms with van der Waals surface area (Å²) in [4.78, 5) is 15.8. The van der Waals surface area contributed by atoms with Crippen LogP contribution in [0.1, 0.15) is 18.9 Å². The zero-order chi connectivity index (χ0) is 12.3.